The second-order valence-electron chi connectivity index (χ2n) is 2.06. The van der Waals surface area contributed by atoms with Crippen LogP contribution in [0, 0.1) is 6.92 Å². The molecule has 0 heterocycles. The van der Waals surface area contributed by atoms with Gasteiger partial charge in [-0.15, -0.1) is 0 Å². The van der Waals surface area contributed by atoms with Crippen LogP contribution >= 0.6 is 0 Å². The fraction of sp³-hybridized carbons (Fsp3) is 0.714. The molecule has 3 nitrogen and oxygen atoms in total. The zero-order valence-electron chi connectivity index (χ0n) is 6.30. The van der Waals surface area contributed by atoms with Crippen LogP contribution in [0.1, 0.15) is 19.8 Å². The van der Waals surface area contributed by atoms with E-state index in [9.17, 15) is 4.79 Å². The summed E-state index contributed by atoms with van der Waals surface area (Å²) in [6.45, 7) is 5.50. The van der Waals surface area contributed by atoms with E-state index in [1.165, 1.54) is 0 Å². The molecule has 0 aromatic rings. The molecule has 0 bridgehead atoms. The molecule has 0 spiro atoms. The second-order valence-corrected chi connectivity index (χ2v) is 2.06. The molecule has 0 saturated heterocycles. The van der Waals surface area contributed by atoms with Crippen LogP contribution in [-0.4, -0.2) is 18.6 Å². The summed E-state index contributed by atoms with van der Waals surface area (Å²) in [6, 6.07) is -0.466. The molecular formula is C7H14NO2. The maximum atomic E-state index is 10.7. The topological polar surface area (TPSA) is 52.3 Å². The van der Waals surface area contributed by atoms with Gasteiger partial charge in [-0.2, -0.15) is 0 Å². The molecule has 0 amide bonds. The Morgan fingerprint density at radius 2 is 2.40 bits per heavy atom. The fourth-order valence-corrected chi connectivity index (χ4v) is 0.636. The third-order valence-electron chi connectivity index (χ3n) is 1.15. The molecule has 1 radical (unpaired) electrons. The number of ether oxygens (including phenoxy) is 1. The molecule has 0 saturated carbocycles. The summed E-state index contributed by atoms with van der Waals surface area (Å²) < 4.78 is 4.58. The molecule has 2 N–H and O–H groups in total. The zero-order valence-corrected chi connectivity index (χ0v) is 6.30. The van der Waals surface area contributed by atoms with Crippen LogP contribution in [0.15, 0.2) is 0 Å². The standard InChI is InChI=1S/C7H14NO2/c1-3-5-6(8)7(9)10-4-2/h6H,2-5,8H2,1H3. The number of nitrogens with two attached hydrogens (primary N) is 1. The minimum atomic E-state index is -0.466. The number of carbonyl (C=O) groups excluding carboxylic acids is 1. The lowest BCUT2D eigenvalue weighted by molar-refractivity contribution is -0.144. The maximum absolute atomic E-state index is 10.7. The number of hydrogen-bond donors (Lipinski definition) is 1. The van der Waals surface area contributed by atoms with Crippen LogP contribution in [-0.2, 0) is 9.53 Å². The Labute approximate surface area is 61.5 Å². The molecule has 10 heavy (non-hydrogen) atoms. The molecule has 0 aliphatic rings. The van der Waals surface area contributed by atoms with E-state index >= 15 is 0 Å². The van der Waals surface area contributed by atoms with Gasteiger partial charge in [-0.3, -0.25) is 4.79 Å². The third-order valence-corrected chi connectivity index (χ3v) is 1.15. The Kier molecular flexibility index (Phi) is 4.94. The predicted octanol–water partition coefficient (Wildman–Crippen LogP) is 0.491. The highest BCUT2D eigenvalue weighted by molar-refractivity contribution is 5.75. The Morgan fingerprint density at radius 1 is 1.80 bits per heavy atom. The van der Waals surface area contributed by atoms with Crippen LogP contribution in [0.2, 0.25) is 0 Å². The highest BCUT2D eigenvalue weighted by atomic mass is 16.5. The van der Waals surface area contributed by atoms with E-state index in [0.29, 0.717) is 6.42 Å². The van der Waals surface area contributed by atoms with Gasteiger partial charge in [-0.1, -0.05) is 13.3 Å². The summed E-state index contributed by atoms with van der Waals surface area (Å²) in [6.07, 6.45) is 1.58. The van der Waals surface area contributed by atoms with Crippen LogP contribution in [0.3, 0.4) is 0 Å². The first kappa shape index (κ1) is 9.43. The first-order valence-corrected chi connectivity index (χ1v) is 3.43. The molecule has 0 aromatic carbocycles. The first-order valence-electron chi connectivity index (χ1n) is 3.43. The van der Waals surface area contributed by atoms with E-state index < -0.39 is 6.04 Å². The number of rotatable bonds is 4. The van der Waals surface area contributed by atoms with E-state index in [2.05, 4.69) is 11.7 Å². The first-order chi connectivity index (χ1) is 4.72. The van der Waals surface area contributed by atoms with Crippen molar-refractivity contribution in [2.45, 2.75) is 25.8 Å². The second kappa shape index (κ2) is 5.23. The van der Waals surface area contributed by atoms with Crippen molar-refractivity contribution in [2.75, 3.05) is 6.61 Å². The highest BCUT2D eigenvalue weighted by Crippen LogP contribution is 1.94. The summed E-state index contributed by atoms with van der Waals surface area (Å²) >= 11 is 0. The molecule has 3 heteroatoms. The molecule has 0 rings (SSSR count). The number of hydrogen-bond acceptors (Lipinski definition) is 3. The molecule has 1 unspecified atom stereocenters. The van der Waals surface area contributed by atoms with Crippen molar-refractivity contribution in [1.82, 2.24) is 0 Å². The van der Waals surface area contributed by atoms with Crippen LogP contribution in [0.4, 0.5) is 0 Å². The van der Waals surface area contributed by atoms with Gasteiger partial charge in [0, 0.05) is 0 Å². The van der Waals surface area contributed by atoms with Crippen LogP contribution in [0.25, 0.3) is 0 Å². The van der Waals surface area contributed by atoms with Gasteiger partial charge in [0.1, 0.15) is 6.04 Å². The average molecular weight is 144 g/mol. The van der Waals surface area contributed by atoms with Crippen molar-refractivity contribution in [3.05, 3.63) is 6.92 Å². The van der Waals surface area contributed by atoms with Crippen molar-refractivity contribution in [3.8, 4) is 0 Å². The SMILES string of the molecule is [CH2]COC(=O)C(N)CCC. The lowest BCUT2D eigenvalue weighted by Gasteiger charge is -2.07. The molecule has 0 fully saturated rings. The quantitative estimate of drug-likeness (QED) is 0.584. The van der Waals surface area contributed by atoms with Crippen molar-refractivity contribution >= 4 is 5.97 Å². The van der Waals surface area contributed by atoms with E-state index in [4.69, 9.17) is 5.73 Å². The summed E-state index contributed by atoms with van der Waals surface area (Å²) in [5, 5.41) is 0. The van der Waals surface area contributed by atoms with Gasteiger partial charge in [-0.25, -0.2) is 0 Å². The Bertz CT molecular complexity index is 104. The largest absolute Gasteiger partial charge is 0.465 e. The van der Waals surface area contributed by atoms with Gasteiger partial charge in [-0.05, 0) is 13.3 Å². The lowest BCUT2D eigenvalue weighted by atomic mass is 10.2. The van der Waals surface area contributed by atoms with E-state index in [-0.39, 0.29) is 12.6 Å². The van der Waals surface area contributed by atoms with Crippen molar-refractivity contribution in [2.24, 2.45) is 5.73 Å². The molecule has 1 atom stereocenters. The summed E-state index contributed by atoms with van der Waals surface area (Å²) in [7, 11) is 0. The lowest BCUT2D eigenvalue weighted by Crippen LogP contribution is -2.31. The van der Waals surface area contributed by atoms with E-state index in [0.717, 1.165) is 6.42 Å². The van der Waals surface area contributed by atoms with Gasteiger partial charge < -0.3 is 10.5 Å². The maximum Gasteiger partial charge on any atom is 0.322 e. The predicted molar refractivity (Wildman–Crippen MR) is 39.2 cm³/mol. The monoisotopic (exact) mass is 144 g/mol. The average Bonchev–Trinajstić information content (AvgIpc) is 1.89. The Morgan fingerprint density at radius 3 is 2.80 bits per heavy atom. The number of esters is 1. The highest BCUT2D eigenvalue weighted by Gasteiger charge is 2.11. The third kappa shape index (κ3) is 3.45. The van der Waals surface area contributed by atoms with Crippen molar-refractivity contribution in [1.29, 1.82) is 0 Å². The minimum Gasteiger partial charge on any atom is -0.465 e. The molecule has 0 aliphatic heterocycles. The minimum absolute atomic E-state index is 0.163. The molecule has 0 aromatic heterocycles. The van der Waals surface area contributed by atoms with Gasteiger partial charge >= 0.3 is 5.97 Å². The van der Waals surface area contributed by atoms with Crippen molar-refractivity contribution < 1.29 is 9.53 Å². The normalized spacial score (nSPS) is 12.7. The summed E-state index contributed by atoms with van der Waals surface area (Å²) in [4.78, 5) is 10.7. The zero-order chi connectivity index (χ0) is 7.98. The Balaban J connectivity index is 3.49. The summed E-state index contributed by atoms with van der Waals surface area (Å²) in [5.41, 5.74) is 5.41. The molecular weight excluding hydrogens is 130 g/mol. The molecule has 0 aliphatic carbocycles. The van der Waals surface area contributed by atoms with Gasteiger partial charge in [0.25, 0.3) is 0 Å². The Hall–Kier alpha value is -0.570. The van der Waals surface area contributed by atoms with Gasteiger partial charge in [0.15, 0.2) is 0 Å². The van der Waals surface area contributed by atoms with Gasteiger partial charge in [0.05, 0.1) is 6.61 Å². The smallest absolute Gasteiger partial charge is 0.322 e. The van der Waals surface area contributed by atoms with Crippen LogP contribution < -0.4 is 5.73 Å². The van der Waals surface area contributed by atoms with Gasteiger partial charge in [0.2, 0.25) is 0 Å². The summed E-state index contributed by atoms with van der Waals surface area (Å²) in [5.74, 6) is -0.350. The number of carbonyl (C=O) groups is 1. The van der Waals surface area contributed by atoms with E-state index in [1.807, 2.05) is 6.92 Å². The fourth-order valence-electron chi connectivity index (χ4n) is 0.636. The molecule has 59 valence electrons. The van der Waals surface area contributed by atoms with E-state index in [1.54, 1.807) is 0 Å². The van der Waals surface area contributed by atoms with Crippen molar-refractivity contribution in [3.63, 3.8) is 0 Å². The van der Waals surface area contributed by atoms with Crippen LogP contribution in [0.5, 0.6) is 0 Å².